The Bertz CT molecular complexity index is 118. The monoisotopic (exact) mass is 143 g/mol. The van der Waals surface area contributed by atoms with E-state index in [0.29, 0.717) is 13.0 Å². The summed E-state index contributed by atoms with van der Waals surface area (Å²) in [4.78, 5) is 13.6. The van der Waals surface area contributed by atoms with Crippen LogP contribution in [-0.2, 0) is 4.79 Å². The number of hydrogen-bond donors (Lipinski definition) is 2. The van der Waals surface area contributed by atoms with Crippen molar-refractivity contribution in [2.75, 3.05) is 6.54 Å². The lowest BCUT2D eigenvalue weighted by Crippen LogP contribution is -2.22. The first-order chi connectivity index (χ1) is 4.77. The van der Waals surface area contributed by atoms with Crippen molar-refractivity contribution < 1.29 is 4.79 Å². The zero-order valence-corrected chi connectivity index (χ0v) is 5.92. The van der Waals surface area contributed by atoms with Crippen molar-refractivity contribution in [2.45, 2.75) is 19.3 Å². The third-order valence-electron chi connectivity index (χ3n) is 1.02. The van der Waals surface area contributed by atoms with Gasteiger partial charge in [0.2, 0.25) is 0 Å². The number of nitrogens with two attached hydrogens (primary N) is 2. The number of carbonyl (C=O) groups is 1. The summed E-state index contributed by atoms with van der Waals surface area (Å²) in [6.07, 6.45) is 3.23. The Morgan fingerprint density at radius 2 is 2.10 bits per heavy atom. The molecular formula is C6H13N3O. The SMILES string of the molecule is NC(N)=NCCCCC=O. The number of guanidine groups is 1. The van der Waals surface area contributed by atoms with Gasteiger partial charge in [-0.1, -0.05) is 0 Å². The molecule has 0 aliphatic rings. The van der Waals surface area contributed by atoms with Crippen molar-refractivity contribution in [3.63, 3.8) is 0 Å². The lowest BCUT2D eigenvalue weighted by atomic mass is 10.2. The maximum atomic E-state index is 9.82. The van der Waals surface area contributed by atoms with Crippen LogP contribution >= 0.6 is 0 Å². The van der Waals surface area contributed by atoms with Crippen molar-refractivity contribution in [3.05, 3.63) is 0 Å². The fraction of sp³-hybridized carbons (Fsp3) is 0.667. The molecule has 0 aromatic heterocycles. The fourth-order valence-corrected chi connectivity index (χ4v) is 0.548. The molecule has 0 spiro atoms. The molecule has 0 saturated heterocycles. The van der Waals surface area contributed by atoms with Gasteiger partial charge in [0.15, 0.2) is 5.96 Å². The van der Waals surface area contributed by atoms with Crippen LogP contribution in [0.3, 0.4) is 0 Å². The smallest absolute Gasteiger partial charge is 0.185 e. The van der Waals surface area contributed by atoms with E-state index in [4.69, 9.17) is 11.5 Å². The maximum Gasteiger partial charge on any atom is 0.185 e. The van der Waals surface area contributed by atoms with E-state index in [1.54, 1.807) is 0 Å². The van der Waals surface area contributed by atoms with Gasteiger partial charge in [-0.2, -0.15) is 0 Å². The first-order valence-electron chi connectivity index (χ1n) is 3.26. The van der Waals surface area contributed by atoms with E-state index in [9.17, 15) is 4.79 Å². The molecule has 0 radical (unpaired) electrons. The number of carbonyl (C=O) groups excluding carboxylic acids is 1. The highest BCUT2D eigenvalue weighted by molar-refractivity contribution is 5.75. The summed E-state index contributed by atoms with van der Waals surface area (Å²) in [6.45, 7) is 0.621. The summed E-state index contributed by atoms with van der Waals surface area (Å²) in [6, 6.07) is 0. The summed E-state index contributed by atoms with van der Waals surface area (Å²) in [5.41, 5.74) is 10.1. The van der Waals surface area contributed by atoms with E-state index in [-0.39, 0.29) is 5.96 Å². The summed E-state index contributed by atoms with van der Waals surface area (Å²) < 4.78 is 0. The van der Waals surface area contributed by atoms with Gasteiger partial charge in [0.1, 0.15) is 6.29 Å². The van der Waals surface area contributed by atoms with Gasteiger partial charge >= 0.3 is 0 Å². The predicted octanol–water partition coefficient (Wildman–Crippen LogP) is -0.371. The topological polar surface area (TPSA) is 81.5 Å². The minimum atomic E-state index is 0.117. The third-order valence-corrected chi connectivity index (χ3v) is 1.02. The Hall–Kier alpha value is -1.06. The molecule has 0 aromatic rings. The van der Waals surface area contributed by atoms with E-state index < -0.39 is 0 Å². The van der Waals surface area contributed by atoms with E-state index >= 15 is 0 Å². The van der Waals surface area contributed by atoms with Crippen molar-refractivity contribution in [1.29, 1.82) is 0 Å². The Morgan fingerprint density at radius 1 is 1.40 bits per heavy atom. The standard InChI is InChI=1S/C6H13N3O/c7-6(8)9-4-2-1-3-5-10/h5H,1-4H2,(H4,7,8,9). The normalized spacial score (nSPS) is 8.80. The van der Waals surface area contributed by atoms with Gasteiger partial charge < -0.3 is 16.3 Å². The number of hydrogen-bond acceptors (Lipinski definition) is 2. The highest BCUT2D eigenvalue weighted by Crippen LogP contribution is 1.91. The minimum absolute atomic E-state index is 0.117. The van der Waals surface area contributed by atoms with Crippen LogP contribution in [0.15, 0.2) is 4.99 Å². The van der Waals surface area contributed by atoms with Gasteiger partial charge in [-0.25, -0.2) is 0 Å². The molecule has 0 amide bonds. The third kappa shape index (κ3) is 6.94. The fourth-order valence-electron chi connectivity index (χ4n) is 0.548. The zero-order valence-electron chi connectivity index (χ0n) is 5.92. The zero-order chi connectivity index (χ0) is 7.82. The second kappa shape index (κ2) is 6.07. The van der Waals surface area contributed by atoms with Crippen LogP contribution < -0.4 is 11.5 Å². The van der Waals surface area contributed by atoms with Crippen LogP contribution in [-0.4, -0.2) is 18.8 Å². The lowest BCUT2D eigenvalue weighted by molar-refractivity contribution is -0.107. The Morgan fingerprint density at radius 3 is 2.60 bits per heavy atom. The molecular weight excluding hydrogens is 130 g/mol. The van der Waals surface area contributed by atoms with Crippen LogP contribution in [0.2, 0.25) is 0 Å². The molecule has 0 heterocycles. The maximum absolute atomic E-state index is 9.82. The molecule has 4 N–H and O–H groups in total. The van der Waals surface area contributed by atoms with E-state index in [1.165, 1.54) is 0 Å². The molecule has 0 rings (SSSR count). The molecule has 0 atom stereocenters. The lowest BCUT2D eigenvalue weighted by Gasteiger charge is -1.92. The summed E-state index contributed by atoms with van der Waals surface area (Å²) >= 11 is 0. The molecule has 0 fully saturated rings. The quantitative estimate of drug-likeness (QED) is 0.238. The molecule has 4 nitrogen and oxygen atoms in total. The highest BCUT2D eigenvalue weighted by Gasteiger charge is 1.85. The molecule has 0 unspecified atom stereocenters. The number of rotatable bonds is 5. The van der Waals surface area contributed by atoms with Gasteiger partial charge in [-0.05, 0) is 12.8 Å². The van der Waals surface area contributed by atoms with Gasteiger partial charge in [0.25, 0.3) is 0 Å². The first-order valence-corrected chi connectivity index (χ1v) is 3.26. The summed E-state index contributed by atoms with van der Waals surface area (Å²) in [5, 5.41) is 0. The van der Waals surface area contributed by atoms with E-state index in [2.05, 4.69) is 4.99 Å². The molecule has 0 aromatic carbocycles. The van der Waals surface area contributed by atoms with Crippen LogP contribution in [0.25, 0.3) is 0 Å². The van der Waals surface area contributed by atoms with Crippen molar-refractivity contribution >= 4 is 12.2 Å². The molecule has 0 bridgehead atoms. The van der Waals surface area contributed by atoms with Gasteiger partial charge in [0.05, 0.1) is 0 Å². The minimum Gasteiger partial charge on any atom is -0.370 e. The Labute approximate surface area is 60.3 Å². The Kier molecular flexibility index (Phi) is 5.42. The van der Waals surface area contributed by atoms with E-state index in [0.717, 1.165) is 19.1 Å². The average molecular weight is 143 g/mol. The second-order valence-corrected chi connectivity index (χ2v) is 1.97. The number of aldehydes is 1. The van der Waals surface area contributed by atoms with Gasteiger partial charge in [-0.15, -0.1) is 0 Å². The van der Waals surface area contributed by atoms with Gasteiger partial charge in [0, 0.05) is 13.0 Å². The Balaban J connectivity index is 3.05. The van der Waals surface area contributed by atoms with E-state index in [1.807, 2.05) is 0 Å². The van der Waals surface area contributed by atoms with Crippen molar-refractivity contribution in [1.82, 2.24) is 0 Å². The predicted molar refractivity (Wildman–Crippen MR) is 40.6 cm³/mol. The molecule has 0 aliphatic heterocycles. The molecule has 0 saturated carbocycles. The molecule has 58 valence electrons. The van der Waals surface area contributed by atoms with Crippen molar-refractivity contribution in [2.24, 2.45) is 16.5 Å². The number of aliphatic imine (C=N–C) groups is 1. The van der Waals surface area contributed by atoms with Gasteiger partial charge in [-0.3, -0.25) is 4.99 Å². The second-order valence-electron chi connectivity index (χ2n) is 1.97. The average Bonchev–Trinajstić information content (AvgIpc) is 1.87. The molecule has 4 heteroatoms. The molecule has 0 aliphatic carbocycles. The van der Waals surface area contributed by atoms with Crippen LogP contribution in [0, 0.1) is 0 Å². The number of unbranched alkanes of at least 4 members (excludes halogenated alkanes) is 2. The molecule has 10 heavy (non-hydrogen) atoms. The van der Waals surface area contributed by atoms with Crippen LogP contribution in [0.1, 0.15) is 19.3 Å². The summed E-state index contributed by atoms with van der Waals surface area (Å²) in [5.74, 6) is 0.117. The van der Waals surface area contributed by atoms with Crippen LogP contribution in [0.5, 0.6) is 0 Å². The number of nitrogens with zero attached hydrogens (tertiary/aromatic N) is 1. The highest BCUT2D eigenvalue weighted by atomic mass is 16.1. The summed E-state index contributed by atoms with van der Waals surface area (Å²) in [7, 11) is 0. The van der Waals surface area contributed by atoms with Crippen molar-refractivity contribution in [3.8, 4) is 0 Å². The van der Waals surface area contributed by atoms with Crippen LogP contribution in [0.4, 0.5) is 0 Å². The first kappa shape index (κ1) is 8.94. The largest absolute Gasteiger partial charge is 0.370 e.